The zero-order chi connectivity index (χ0) is 14.0. The average Bonchev–Trinajstić information content (AvgIpc) is 2.42. The Labute approximate surface area is 116 Å². The normalized spacial score (nSPS) is 31.0. The average molecular weight is 263 g/mol. The lowest BCUT2D eigenvalue weighted by Gasteiger charge is -2.43. The number of nitrogens with two attached hydrogens (primary N) is 1. The molecule has 0 spiro atoms. The quantitative estimate of drug-likeness (QED) is 0.910. The lowest BCUT2D eigenvalue weighted by atomic mass is 9.67. The van der Waals surface area contributed by atoms with Crippen LogP contribution < -0.4 is 15.2 Å². The van der Waals surface area contributed by atoms with E-state index in [9.17, 15) is 0 Å². The molecule has 3 unspecified atom stereocenters. The predicted octanol–water partition coefficient (Wildman–Crippen LogP) is 3.31. The van der Waals surface area contributed by atoms with Crippen molar-refractivity contribution in [2.24, 2.45) is 17.6 Å². The Bertz CT molecular complexity index is 446. The van der Waals surface area contributed by atoms with Gasteiger partial charge in [0.15, 0.2) is 0 Å². The lowest BCUT2D eigenvalue weighted by Crippen LogP contribution is -2.47. The molecule has 1 aromatic carbocycles. The third kappa shape index (κ3) is 2.57. The summed E-state index contributed by atoms with van der Waals surface area (Å²) in [6.45, 7) is 4.52. The Balaban J connectivity index is 2.47. The summed E-state index contributed by atoms with van der Waals surface area (Å²) in [4.78, 5) is 0. The number of benzene rings is 1. The molecule has 3 atom stereocenters. The number of ether oxygens (including phenoxy) is 2. The molecule has 0 radical (unpaired) electrons. The standard InChI is InChI=1S/C16H25NO2/c1-11-5-6-12(2)16(17,10-11)14-9-13(18-3)7-8-15(14)19-4/h7-9,11-12H,5-6,10,17H2,1-4H3. The third-order valence-electron chi connectivity index (χ3n) is 4.57. The zero-order valence-electron chi connectivity index (χ0n) is 12.4. The van der Waals surface area contributed by atoms with E-state index >= 15 is 0 Å². The summed E-state index contributed by atoms with van der Waals surface area (Å²) in [7, 11) is 3.38. The molecule has 1 saturated carbocycles. The summed E-state index contributed by atoms with van der Waals surface area (Å²) in [6, 6.07) is 5.91. The summed E-state index contributed by atoms with van der Waals surface area (Å²) in [5, 5.41) is 0. The van der Waals surface area contributed by atoms with Crippen molar-refractivity contribution in [3.05, 3.63) is 23.8 Å². The highest BCUT2D eigenvalue weighted by Crippen LogP contribution is 2.45. The highest BCUT2D eigenvalue weighted by atomic mass is 16.5. The minimum atomic E-state index is -0.322. The Hall–Kier alpha value is -1.22. The fourth-order valence-electron chi connectivity index (χ4n) is 3.23. The van der Waals surface area contributed by atoms with Gasteiger partial charge in [-0.05, 0) is 42.9 Å². The molecule has 3 nitrogen and oxygen atoms in total. The van der Waals surface area contributed by atoms with E-state index < -0.39 is 0 Å². The first-order valence-electron chi connectivity index (χ1n) is 7.02. The maximum Gasteiger partial charge on any atom is 0.124 e. The van der Waals surface area contributed by atoms with Crippen molar-refractivity contribution >= 4 is 0 Å². The fraction of sp³-hybridized carbons (Fsp3) is 0.625. The van der Waals surface area contributed by atoms with Gasteiger partial charge in [-0.3, -0.25) is 0 Å². The van der Waals surface area contributed by atoms with Crippen LogP contribution in [0.25, 0.3) is 0 Å². The van der Waals surface area contributed by atoms with Gasteiger partial charge in [0.1, 0.15) is 11.5 Å². The topological polar surface area (TPSA) is 44.5 Å². The molecule has 1 aliphatic rings. The Kier molecular flexibility index (Phi) is 4.04. The molecular weight excluding hydrogens is 238 g/mol. The highest BCUT2D eigenvalue weighted by Gasteiger charge is 2.40. The van der Waals surface area contributed by atoms with E-state index in [0.717, 1.165) is 29.9 Å². The van der Waals surface area contributed by atoms with E-state index in [4.69, 9.17) is 15.2 Å². The Morgan fingerprint density at radius 2 is 1.89 bits per heavy atom. The first-order chi connectivity index (χ1) is 9.01. The van der Waals surface area contributed by atoms with Crippen molar-refractivity contribution in [2.75, 3.05) is 14.2 Å². The number of hydrogen-bond acceptors (Lipinski definition) is 3. The molecule has 1 fully saturated rings. The van der Waals surface area contributed by atoms with Crippen molar-refractivity contribution in [1.82, 2.24) is 0 Å². The summed E-state index contributed by atoms with van der Waals surface area (Å²) in [6.07, 6.45) is 3.42. The van der Waals surface area contributed by atoms with E-state index in [1.807, 2.05) is 18.2 Å². The molecule has 2 rings (SSSR count). The first-order valence-corrected chi connectivity index (χ1v) is 7.02. The second-order valence-corrected chi connectivity index (χ2v) is 5.89. The van der Waals surface area contributed by atoms with E-state index in [2.05, 4.69) is 13.8 Å². The summed E-state index contributed by atoms with van der Waals surface area (Å²) in [5.41, 5.74) is 7.53. The second kappa shape index (κ2) is 5.41. The van der Waals surface area contributed by atoms with Gasteiger partial charge in [-0.25, -0.2) is 0 Å². The van der Waals surface area contributed by atoms with Crippen molar-refractivity contribution < 1.29 is 9.47 Å². The van der Waals surface area contributed by atoms with Crippen LogP contribution in [0.2, 0.25) is 0 Å². The monoisotopic (exact) mass is 263 g/mol. The van der Waals surface area contributed by atoms with Crippen LogP contribution >= 0.6 is 0 Å². The smallest absolute Gasteiger partial charge is 0.124 e. The van der Waals surface area contributed by atoms with Gasteiger partial charge in [-0.2, -0.15) is 0 Å². The maximum atomic E-state index is 6.78. The van der Waals surface area contributed by atoms with Crippen LogP contribution in [0.5, 0.6) is 11.5 Å². The van der Waals surface area contributed by atoms with Crippen LogP contribution in [-0.4, -0.2) is 14.2 Å². The number of hydrogen-bond donors (Lipinski definition) is 1. The number of rotatable bonds is 3. The van der Waals surface area contributed by atoms with Gasteiger partial charge in [-0.1, -0.05) is 20.3 Å². The van der Waals surface area contributed by atoms with Gasteiger partial charge in [0.2, 0.25) is 0 Å². The zero-order valence-corrected chi connectivity index (χ0v) is 12.4. The number of methoxy groups -OCH3 is 2. The van der Waals surface area contributed by atoms with Crippen molar-refractivity contribution in [3.63, 3.8) is 0 Å². The van der Waals surface area contributed by atoms with Crippen LogP contribution in [0, 0.1) is 11.8 Å². The molecule has 0 bridgehead atoms. The minimum Gasteiger partial charge on any atom is -0.497 e. The van der Waals surface area contributed by atoms with Gasteiger partial charge >= 0.3 is 0 Å². The predicted molar refractivity (Wildman–Crippen MR) is 77.6 cm³/mol. The molecule has 0 heterocycles. The van der Waals surface area contributed by atoms with Crippen molar-refractivity contribution in [2.45, 2.75) is 38.6 Å². The Morgan fingerprint density at radius 1 is 1.16 bits per heavy atom. The van der Waals surface area contributed by atoms with Gasteiger partial charge in [0, 0.05) is 11.1 Å². The Morgan fingerprint density at radius 3 is 2.53 bits per heavy atom. The fourth-order valence-corrected chi connectivity index (χ4v) is 3.23. The van der Waals surface area contributed by atoms with Crippen molar-refractivity contribution in [3.8, 4) is 11.5 Å². The van der Waals surface area contributed by atoms with Crippen LogP contribution in [0.3, 0.4) is 0 Å². The molecule has 2 N–H and O–H groups in total. The second-order valence-electron chi connectivity index (χ2n) is 5.89. The third-order valence-corrected chi connectivity index (χ3v) is 4.57. The van der Waals surface area contributed by atoms with Crippen LogP contribution in [0.4, 0.5) is 0 Å². The van der Waals surface area contributed by atoms with E-state index in [-0.39, 0.29) is 5.54 Å². The van der Waals surface area contributed by atoms with E-state index in [1.54, 1.807) is 14.2 Å². The van der Waals surface area contributed by atoms with Crippen molar-refractivity contribution in [1.29, 1.82) is 0 Å². The first kappa shape index (κ1) is 14.2. The molecule has 0 saturated heterocycles. The van der Waals surface area contributed by atoms with Gasteiger partial charge in [0.25, 0.3) is 0 Å². The molecule has 0 aromatic heterocycles. The molecule has 19 heavy (non-hydrogen) atoms. The van der Waals surface area contributed by atoms with Crippen LogP contribution in [-0.2, 0) is 5.54 Å². The summed E-state index contributed by atoms with van der Waals surface area (Å²) < 4.78 is 10.9. The van der Waals surface area contributed by atoms with Gasteiger partial charge in [-0.15, -0.1) is 0 Å². The van der Waals surface area contributed by atoms with Crippen LogP contribution in [0.15, 0.2) is 18.2 Å². The molecule has 3 heteroatoms. The van der Waals surface area contributed by atoms with E-state index in [1.165, 1.54) is 6.42 Å². The van der Waals surface area contributed by atoms with Crippen LogP contribution in [0.1, 0.15) is 38.7 Å². The molecule has 1 aliphatic carbocycles. The molecule has 1 aromatic rings. The minimum absolute atomic E-state index is 0.322. The lowest BCUT2D eigenvalue weighted by molar-refractivity contribution is 0.158. The molecule has 106 valence electrons. The maximum absolute atomic E-state index is 6.78. The molecule has 0 aliphatic heterocycles. The SMILES string of the molecule is COc1ccc(OC)c(C2(N)CC(C)CCC2C)c1. The summed E-state index contributed by atoms with van der Waals surface area (Å²) >= 11 is 0. The van der Waals surface area contributed by atoms with Gasteiger partial charge in [0.05, 0.1) is 14.2 Å². The summed E-state index contributed by atoms with van der Waals surface area (Å²) in [5.74, 6) is 2.80. The molecule has 0 amide bonds. The van der Waals surface area contributed by atoms with E-state index in [0.29, 0.717) is 11.8 Å². The van der Waals surface area contributed by atoms with Gasteiger partial charge < -0.3 is 15.2 Å². The largest absolute Gasteiger partial charge is 0.497 e. The highest BCUT2D eigenvalue weighted by molar-refractivity contribution is 5.45. The molecular formula is C16H25NO2.